The van der Waals surface area contributed by atoms with E-state index in [2.05, 4.69) is 4.98 Å². The lowest BCUT2D eigenvalue weighted by Crippen LogP contribution is -2.17. The lowest BCUT2D eigenvalue weighted by molar-refractivity contribution is -0.113. The van der Waals surface area contributed by atoms with Crippen molar-refractivity contribution in [2.45, 2.75) is 27.7 Å². The van der Waals surface area contributed by atoms with Gasteiger partial charge in [0.15, 0.2) is 11.6 Å². The van der Waals surface area contributed by atoms with E-state index in [-0.39, 0.29) is 11.6 Å². The first-order chi connectivity index (χ1) is 10.9. The largest absolute Gasteiger partial charge is 0.355 e. The van der Waals surface area contributed by atoms with Gasteiger partial charge in [0.05, 0.1) is 0 Å². The molecule has 0 unspecified atom stereocenters. The predicted molar refractivity (Wildman–Crippen MR) is 91.9 cm³/mol. The zero-order valence-electron chi connectivity index (χ0n) is 13.8. The lowest BCUT2D eigenvalue weighted by Gasteiger charge is -2.09. The molecule has 3 heteroatoms. The molecule has 2 aliphatic carbocycles. The Morgan fingerprint density at radius 2 is 0.913 bits per heavy atom. The summed E-state index contributed by atoms with van der Waals surface area (Å²) in [5, 5.41) is 1.93. The highest BCUT2D eigenvalue weighted by atomic mass is 16.1. The van der Waals surface area contributed by atoms with Gasteiger partial charge in [-0.05, 0) is 97.6 Å². The summed E-state index contributed by atoms with van der Waals surface area (Å²) in [4.78, 5) is 27.1. The molecule has 0 aliphatic heterocycles. The summed E-state index contributed by atoms with van der Waals surface area (Å²) in [5.74, 6) is 0.190. The maximum absolute atomic E-state index is 11.8. The standard InChI is InChI=1S/C20H19NO2/c1-11-7-15(8-12(2)19(11)22)17-5-6-18(21-17)16-9-13(3)20(23)14(4)10-16/h5-10,21H,1-4H3. The van der Waals surface area contributed by atoms with Crippen molar-refractivity contribution in [3.63, 3.8) is 0 Å². The van der Waals surface area contributed by atoms with Crippen molar-refractivity contribution in [2.75, 3.05) is 0 Å². The molecule has 0 atom stereocenters. The lowest BCUT2D eigenvalue weighted by atomic mass is 9.96. The Morgan fingerprint density at radius 1 is 0.609 bits per heavy atom. The Morgan fingerprint density at radius 3 is 1.22 bits per heavy atom. The molecule has 0 aromatic carbocycles. The van der Waals surface area contributed by atoms with Crippen LogP contribution >= 0.6 is 0 Å². The molecule has 1 N–H and O–H groups in total. The monoisotopic (exact) mass is 305 g/mol. The van der Waals surface area contributed by atoms with Gasteiger partial charge in [0.1, 0.15) is 0 Å². The fourth-order valence-corrected chi connectivity index (χ4v) is 2.94. The van der Waals surface area contributed by atoms with E-state index in [1.165, 1.54) is 0 Å². The number of aromatic amines is 1. The molecule has 1 aromatic heterocycles. The van der Waals surface area contributed by atoms with E-state index in [9.17, 15) is 9.59 Å². The molecule has 1 heterocycles. The number of nitrogens with one attached hydrogen (secondary N) is 1. The Labute approximate surface area is 135 Å². The summed E-state index contributed by atoms with van der Waals surface area (Å²) in [6, 6.07) is 4.01. The van der Waals surface area contributed by atoms with Crippen molar-refractivity contribution < 1.29 is 9.59 Å². The molecular weight excluding hydrogens is 286 g/mol. The van der Waals surface area contributed by atoms with Crippen LogP contribution in [0.5, 0.6) is 0 Å². The van der Waals surface area contributed by atoms with Gasteiger partial charge in [0.2, 0.25) is 0 Å². The van der Waals surface area contributed by atoms with Crippen molar-refractivity contribution in [3.8, 4) is 0 Å². The van der Waals surface area contributed by atoms with Crippen molar-refractivity contribution >= 4 is 22.7 Å². The SMILES string of the molecule is CC1=CC(=c2ccc(=C3C=C(C)C(=O)C(C)=C3)[nH]2)C=C(C)C1=O. The predicted octanol–water partition coefficient (Wildman–Crippen LogP) is 2.27. The number of Topliss-reactive ketones (excluding diaryl/α,β-unsaturated/α-hetero) is 2. The minimum absolute atomic E-state index is 0.0952. The van der Waals surface area contributed by atoms with Crippen LogP contribution in [0.3, 0.4) is 0 Å². The van der Waals surface area contributed by atoms with Crippen LogP contribution in [0.15, 0.2) is 58.7 Å². The third-order valence-electron chi connectivity index (χ3n) is 4.23. The first-order valence-corrected chi connectivity index (χ1v) is 7.63. The third-order valence-corrected chi connectivity index (χ3v) is 4.23. The van der Waals surface area contributed by atoms with Gasteiger partial charge in [-0.25, -0.2) is 0 Å². The van der Waals surface area contributed by atoms with E-state index in [1.54, 1.807) is 0 Å². The molecule has 0 fully saturated rings. The summed E-state index contributed by atoms with van der Waals surface area (Å²) in [5.41, 5.74) is 4.99. The highest BCUT2D eigenvalue weighted by Gasteiger charge is 2.15. The van der Waals surface area contributed by atoms with Gasteiger partial charge in [-0.1, -0.05) is 0 Å². The van der Waals surface area contributed by atoms with E-state index in [4.69, 9.17) is 0 Å². The smallest absolute Gasteiger partial charge is 0.184 e. The number of aromatic nitrogens is 1. The number of rotatable bonds is 0. The Bertz CT molecular complexity index is 849. The Balaban J connectivity index is 2.20. The minimum Gasteiger partial charge on any atom is -0.355 e. The molecule has 23 heavy (non-hydrogen) atoms. The average molecular weight is 305 g/mol. The number of H-pyrrole nitrogens is 1. The summed E-state index contributed by atoms with van der Waals surface area (Å²) < 4.78 is 0. The molecule has 0 bridgehead atoms. The van der Waals surface area contributed by atoms with Gasteiger partial charge >= 0.3 is 0 Å². The normalized spacial score (nSPS) is 18.6. The number of ketones is 2. The molecule has 1 aromatic rings. The van der Waals surface area contributed by atoms with Crippen LogP contribution < -0.4 is 10.7 Å². The summed E-state index contributed by atoms with van der Waals surface area (Å²) >= 11 is 0. The zero-order valence-corrected chi connectivity index (χ0v) is 13.8. The van der Waals surface area contributed by atoms with Crippen LogP contribution in [-0.4, -0.2) is 16.6 Å². The summed E-state index contributed by atoms with van der Waals surface area (Å²) in [7, 11) is 0. The van der Waals surface area contributed by atoms with Crippen molar-refractivity contribution in [2.24, 2.45) is 0 Å². The Kier molecular flexibility index (Phi) is 3.64. The highest BCUT2D eigenvalue weighted by Crippen LogP contribution is 2.19. The Hall–Kier alpha value is -2.68. The van der Waals surface area contributed by atoms with Crippen LogP contribution in [0, 0.1) is 0 Å². The maximum Gasteiger partial charge on any atom is 0.184 e. The molecule has 3 nitrogen and oxygen atoms in total. The van der Waals surface area contributed by atoms with Crippen LogP contribution in [0.2, 0.25) is 0 Å². The maximum atomic E-state index is 11.8. The van der Waals surface area contributed by atoms with Crippen molar-refractivity contribution in [1.82, 2.24) is 4.98 Å². The van der Waals surface area contributed by atoms with Gasteiger partial charge in [0, 0.05) is 10.7 Å². The van der Waals surface area contributed by atoms with Crippen molar-refractivity contribution in [1.29, 1.82) is 0 Å². The number of hydrogen-bond donors (Lipinski definition) is 1. The second kappa shape index (κ2) is 5.51. The zero-order chi connectivity index (χ0) is 16.7. The molecule has 0 amide bonds. The van der Waals surface area contributed by atoms with Crippen molar-refractivity contribution in [3.05, 3.63) is 69.4 Å². The summed E-state index contributed by atoms with van der Waals surface area (Å²) in [6.07, 6.45) is 7.62. The quantitative estimate of drug-likeness (QED) is 0.799. The second-order valence-corrected chi connectivity index (χ2v) is 6.16. The van der Waals surface area contributed by atoms with Crippen LogP contribution in [-0.2, 0) is 9.59 Å². The molecule has 0 radical (unpaired) electrons. The fourth-order valence-electron chi connectivity index (χ4n) is 2.94. The molecule has 3 rings (SSSR count). The second-order valence-electron chi connectivity index (χ2n) is 6.16. The highest BCUT2D eigenvalue weighted by molar-refractivity contribution is 6.12. The number of carbonyl (C=O) groups excluding carboxylic acids is 2. The van der Waals surface area contributed by atoms with Gasteiger partial charge in [-0.2, -0.15) is 0 Å². The van der Waals surface area contributed by atoms with Gasteiger partial charge in [0.25, 0.3) is 0 Å². The van der Waals surface area contributed by atoms with Gasteiger partial charge in [-0.15, -0.1) is 0 Å². The number of carbonyl (C=O) groups is 2. The van der Waals surface area contributed by atoms with Gasteiger partial charge in [-0.3, -0.25) is 9.59 Å². The molecule has 116 valence electrons. The van der Waals surface area contributed by atoms with Crippen LogP contribution in [0.4, 0.5) is 0 Å². The van der Waals surface area contributed by atoms with Crippen LogP contribution in [0.1, 0.15) is 27.7 Å². The van der Waals surface area contributed by atoms with E-state index in [1.807, 2.05) is 64.1 Å². The molecule has 0 saturated heterocycles. The fraction of sp³-hybridized carbons (Fsp3) is 0.200. The van der Waals surface area contributed by atoms with Crippen LogP contribution in [0.25, 0.3) is 11.1 Å². The third kappa shape index (κ3) is 2.70. The first-order valence-electron chi connectivity index (χ1n) is 7.63. The number of allylic oxidation sites excluding steroid dienone is 8. The van der Waals surface area contributed by atoms with E-state index in [0.717, 1.165) is 44.1 Å². The topological polar surface area (TPSA) is 49.9 Å². The molecular formula is C20H19NO2. The average Bonchev–Trinajstić information content (AvgIpc) is 2.99. The van der Waals surface area contributed by atoms with E-state index in [0.29, 0.717) is 0 Å². The first kappa shape index (κ1) is 15.2. The molecule has 0 saturated carbocycles. The van der Waals surface area contributed by atoms with E-state index >= 15 is 0 Å². The molecule has 0 spiro atoms. The van der Waals surface area contributed by atoms with E-state index < -0.39 is 0 Å². The van der Waals surface area contributed by atoms with Gasteiger partial charge < -0.3 is 4.98 Å². The molecule has 2 aliphatic rings. The minimum atomic E-state index is 0.0952. The summed E-state index contributed by atoms with van der Waals surface area (Å²) in [6.45, 7) is 7.34. The number of hydrogen-bond acceptors (Lipinski definition) is 2.